The minimum absolute atomic E-state index is 0.0414. The zero-order valence-corrected chi connectivity index (χ0v) is 19.7. The van der Waals surface area contributed by atoms with E-state index in [1.165, 1.54) is 0 Å². The third-order valence-electron chi connectivity index (χ3n) is 6.15. The fraction of sp³-hybridized carbons (Fsp3) is 0.269. The van der Waals surface area contributed by atoms with Crippen molar-refractivity contribution in [2.24, 2.45) is 0 Å². The molecule has 3 aromatic rings. The monoisotopic (exact) mass is 448 g/mol. The summed E-state index contributed by atoms with van der Waals surface area (Å²) in [6, 6.07) is 18.7. The molecule has 0 aromatic heterocycles. The number of nitrogens with zero attached hydrogens (tertiary/aromatic N) is 1. The Morgan fingerprint density at radius 2 is 1.66 bits per heavy atom. The number of fused-ring (bicyclic) bond motifs is 1. The topological polar surface area (TPSA) is 66.5 Å². The van der Waals surface area contributed by atoms with Gasteiger partial charge >= 0.3 is 0 Å². The lowest BCUT2D eigenvalue weighted by molar-refractivity contribution is 0.0981. The number of hydrogen-bond acceptors (Lipinski definition) is 3. The maximum Gasteiger partial charge on any atom is 0.258 e. The Bertz CT molecular complexity index is 1280. The number of aryl methyl sites for hydroxylation is 3. The zero-order chi connectivity index (χ0) is 23.0. The van der Waals surface area contributed by atoms with Crippen molar-refractivity contribution in [3.63, 3.8) is 0 Å². The van der Waals surface area contributed by atoms with Gasteiger partial charge in [0, 0.05) is 23.8 Å². The molecule has 1 aliphatic heterocycles. The van der Waals surface area contributed by atoms with Crippen LogP contribution in [0.4, 0.5) is 5.69 Å². The fourth-order valence-corrected chi connectivity index (χ4v) is 5.60. The van der Waals surface area contributed by atoms with Crippen molar-refractivity contribution in [1.29, 1.82) is 0 Å². The molecule has 0 saturated heterocycles. The van der Waals surface area contributed by atoms with Gasteiger partial charge in [0.05, 0.1) is 4.90 Å². The Kier molecular flexibility index (Phi) is 5.93. The van der Waals surface area contributed by atoms with E-state index in [9.17, 15) is 13.2 Å². The molecule has 0 fully saturated rings. The second-order valence-corrected chi connectivity index (χ2v) is 10.3. The number of carbonyl (C=O) groups excluding carboxylic acids is 1. The van der Waals surface area contributed by atoms with Crippen molar-refractivity contribution >= 4 is 21.6 Å². The van der Waals surface area contributed by atoms with Crippen LogP contribution >= 0.6 is 0 Å². The Hall–Kier alpha value is -2.96. The van der Waals surface area contributed by atoms with Crippen molar-refractivity contribution in [1.82, 2.24) is 4.72 Å². The first-order valence-corrected chi connectivity index (χ1v) is 12.2. The molecule has 3 aromatic carbocycles. The number of sulfonamides is 1. The van der Waals surface area contributed by atoms with Gasteiger partial charge in [0.15, 0.2) is 0 Å². The van der Waals surface area contributed by atoms with E-state index in [4.69, 9.17) is 0 Å². The lowest BCUT2D eigenvalue weighted by Gasteiger charge is -2.23. The van der Waals surface area contributed by atoms with Gasteiger partial charge in [-0.1, -0.05) is 36.4 Å². The molecule has 0 spiro atoms. The minimum atomic E-state index is -3.66. The minimum Gasteiger partial charge on any atom is -0.305 e. The highest BCUT2D eigenvalue weighted by Gasteiger charge is 2.31. The maximum atomic E-state index is 13.1. The van der Waals surface area contributed by atoms with Crippen molar-refractivity contribution in [2.45, 2.75) is 51.6 Å². The Balaban J connectivity index is 1.58. The molecule has 5 nitrogen and oxygen atoms in total. The van der Waals surface area contributed by atoms with E-state index in [1.54, 1.807) is 6.07 Å². The predicted octanol–water partition coefficient (Wildman–Crippen LogP) is 4.68. The molecule has 1 amide bonds. The van der Waals surface area contributed by atoms with Crippen molar-refractivity contribution in [3.05, 3.63) is 94.0 Å². The lowest BCUT2D eigenvalue weighted by Crippen LogP contribution is -2.35. The molecule has 0 saturated carbocycles. The molecule has 32 heavy (non-hydrogen) atoms. The number of benzene rings is 3. The molecule has 0 unspecified atom stereocenters. The van der Waals surface area contributed by atoms with Gasteiger partial charge in [-0.25, -0.2) is 13.1 Å². The predicted molar refractivity (Wildman–Crippen MR) is 128 cm³/mol. The van der Waals surface area contributed by atoms with Gasteiger partial charge in [-0.05, 0) is 86.2 Å². The quantitative estimate of drug-likeness (QED) is 0.616. The number of nitrogens with one attached hydrogen (secondary N) is 1. The largest absolute Gasteiger partial charge is 0.305 e. The summed E-state index contributed by atoms with van der Waals surface area (Å²) >= 11 is 0. The molecule has 1 aliphatic rings. The number of carbonyl (C=O) groups is 1. The van der Waals surface area contributed by atoms with E-state index in [0.717, 1.165) is 39.9 Å². The van der Waals surface area contributed by atoms with Crippen LogP contribution in [0, 0.1) is 20.8 Å². The summed E-state index contributed by atoms with van der Waals surface area (Å²) in [6.45, 7) is 7.88. The van der Waals surface area contributed by atoms with Crippen LogP contribution in [-0.4, -0.2) is 20.4 Å². The Morgan fingerprint density at radius 3 is 2.38 bits per heavy atom. The molecule has 1 atom stereocenters. The van der Waals surface area contributed by atoms with Crippen LogP contribution in [0.2, 0.25) is 0 Å². The highest BCUT2D eigenvalue weighted by atomic mass is 32.2. The van der Waals surface area contributed by atoms with Crippen LogP contribution in [-0.2, 0) is 23.0 Å². The summed E-state index contributed by atoms with van der Waals surface area (Å²) in [5.41, 5.74) is 6.14. The highest BCUT2D eigenvalue weighted by Crippen LogP contribution is 2.34. The van der Waals surface area contributed by atoms with Crippen LogP contribution in [0.3, 0.4) is 0 Å². The first-order chi connectivity index (χ1) is 15.2. The summed E-state index contributed by atoms with van der Waals surface area (Å²) in [4.78, 5) is 15.3. The number of anilines is 1. The second kappa shape index (κ2) is 8.52. The summed E-state index contributed by atoms with van der Waals surface area (Å²) < 4.78 is 28.6. The van der Waals surface area contributed by atoms with Gasteiger partial charge < -0.3 is 4.90 Å². The van der Waals surface area contributed by atoms with Gasteiger partial charge in [-0.3, -0.25) is 4.79 Å². The van der Waals surface area contributed by atoms with Crippen LogP contribution in [0.1, 0.15) is 45.1 Å². The van der Waals surface area contributed by atoms with Gasteiger partial charge in [-0.15, -0.1) is 0 Å². The summed E-state index contributed by atoms with van der Waals surface area (Å²) in [5, 5.41) is 0. The maximum absolute atomic E-state index is 13.1. The normalized spacial score (nSPS) is 15.6. The van der Waals surface area contributed by atoms with Crippen molar-refractivity contribution in [3.8, 4) is 0 Å². The average molecular weight is 449 g/mol. The molecule has 6 heteroatoms. The Morgan fingerprint density at radius 1 is 0.969 bits per heavy atom. The van der Waals surface area contributed by atoms with E-state index in [2.05, 4.69) is 4.72 Å². The molecule has 0 radical (unpaired) electrons. The van der Waals surface area contributed by atoms with E-state index in [1.807, 2.05) is 87.2 Å². The van der Waals surface area contributed by atoms with Gasteiger partial charge in [0.2, 0.25) is 10.0 Å². The summed E-state index contributed by atoms with van der Waals surface area (Å²) in [5.74, 6) is -0.0414. The van der Waals surface area contributed by atoms with Crippen molar-refractivity contribution in [2.75, 3.05) is 4.90 Å². The molecule has 0 bridgehead atoms. The standard InChI is InChI=1S/C26H28N2O3S/c1-17-12-19(3)25(13-18(17)2)32(30,31)27-16-21-10-11-23-14-20(4)28(24(23)15-21)26(29)22-8-6-5-7-9-22/h5-13,15,20,27H,14,16H2,1-4H3/t20-/m0/s1. The summed E-state index contributed by atoms with van der Waals surface area (Å²) in [7, 11) is -3.66. The van der Waals surface area contributed by atoms with Crippen molar-refractivity contribution < 1.29 is 13.2 Å². The summed E-state index contributed by atoms with van der Waals surface area (Å²) in [6.07, 6.45) is 0.780. The van der Waals surface area contributed by atoms with Gasteiger partial charge in [0.25, 0.3) is 5.91 Å². The van der Waals surface area contributed by atoms with E-state index in [-0.39, 0.29) is 18.5 Å². The first-order valence-electron chi connectivity index (χ1n) is 10.8. The third kappa shape index (κ3) is 4.20. The van der Waals surface area contributed by atoms with Crippen LogP contribution in [0.5, 0.6) is 0 Å². The smallest absolute Gasteiger partial charge is 0.258 e. The number of hydrogen-bond donors (Lipinski definition) is 1. The van der Waals surface area contributed by atoms with E-state index >= 15 is 0 Å². The lowest BCUT2D eigenvalue weighted by atomic mass is 10.1. The zero-order valence-electron chi connectivity index (χ0n) is 18.8. The van der Waals surface area contributed by atoms with Gasteiger partial charge in [0.1, 0.15) is 0 Å². The molecule has 1 heterocycles. The number of amides is 1. The molecule has 1 N–H and O–H groups in total. The van der Waals surface area contributed by atoms with Crippen LogP contribution < -0.4 is 9.62 Å². The molecular formula is C26H28N2O3S. The molecule has 4 rings (SSSR count). The van der Waals surface area contributed by atoms with E-state index < -0.39 is 10.0 Å². The highest BCUT2D eigenvalue weighted by molar-refractivity contribution is 7.89. The Labute approximate surface area is 190 Å². The number of rotatable bonds is 5. The first kappa shape index (κ1) is 22.2. The van der Waals surface area contributed by atoms with E-state index in [0.29, 0.717) is 10.5 Å². The second-order valence-electron chi connectivity index (χ2n) is 8.58. The average Bonchev–Trinajstić information content (AvgIpc) is 3.09. The molecule has 166 valence electrons. The SMILES string of the molecule is Cc1cc(C)c(S(=O)(=O)NCc2ccc3c(c2)N(C(=O)c2ccccc2)[C@@H](C)C3)cc1C. The van der Waals surface area contributed by atoms with Crippen LogP contribution in [0.15, 0.2) is 65.6 Å². The third-order valence-corrected chi connectivity index (χ3v) is 7.70. The van der Waals surface area contributed by atoms with Crippen LogP contribution in [0.25, 0.3) is 0 Å². The molecular weight excluding hydrogens is 420 g/mol. The molecule has 0 aliphatic carbocycles. The van der Waals surface area contributed by atoms with Gasteiger partial charge in [-0.2, -0.15) is 0 Å². The fourth-order valence-electron chi connectivity index (χ4n) is 4.27.